The van der Waals surface area contributed by atoms with Crippen LogP contribution in [0.1, 0.15) is 19.3 Å². The summed E-state index contributed by atoms with van der Waals surface area (Å²) >= 11 is 0. The summed E-state index contributed by atoms with van der Waals surface area (Å²) in [5.41, 5.74) is 0. The summed E-state index contributed by atoms with van der Waals surface area (Å²) in [6.45, 7) is -0.239. The van der Waals surface area contributed by atoms with Crippen LogP contribution in [-0.2, 0) is 4.79 Å². The molecule has 13 heavy (non-hydrogen) atoms. The highest BCUT2D eigenvalue weighted by molar-refractivity contribution is 5.69. The van der Waals surface area contributed by atoms with E-state index in [2.05, 4.69) is 0 Å². The van der Waals surface area contributed by atoms with Gasteiger partial charge in [0, 0.05) is 6.42 Å². The minimum absolute atomic E-state index is 0.122. The average Bonchev–Trinajstić information content (AvgIpc) is 2.09. The van der Waals surface area contributed by atoms with Crippen molar-refractivity contribution in [2.24, 2.45) is 0 Å². The Balaban J connectivity index is 2.49. The largest absolute Gasteiger partial charge is 0.480 e. The molecule has 5 heteroatoms. The molecule has 0 atom stereocenters. The van der Waals surface area contributed by atoms with Gasteiger partial charge in [0.15, 0.2) is 0 Å². The topological polar surface area (TPSA) is 40.5 Å². The first-order valence-electron chi connectivity index (χ1n) is 4.32. The highest BCUT2D eigenvalue weighted by Crippen LogP contribution is 2.25. The summed E-state index contributed by atoms with van der Waals surface area (Å²) in [4.78, 5) is 11.6. The SMILES string of the molecule is O=C(O)CN1CCCCC(F)(F)C1. The highest BCUT2D eigenvalue weighted by Gasteiger charge is 2.33. The standard InChI is InChI=1S/C8H13F2NO2/c9-8(10)3-1-2-4-11(6-8)5-7(12)13/h1-6H2,(H,12,13). The lowest BCUT2D eigenvalue weighted by Gasteiger charge is -2.21. The molecule has 1 aliphatic rings. The second-order valence-corrected chi connectivity index (χ2v) is 3.42. The molecule has 1 aliphatic heterocycles. The fourth-order valence-electron chi connectivity index (χ4n) is 1.53. The number of carbonyl (C=O) groups is 1. The quantitative estimate of drug-likeness (QED) is 0.716. The van der Waals surface area contributed by atoms with E-state index >= 15 is 0 Å². The van der Waals surface area contributed by atoms with Gasteiger partial charge in [-0.3, -0.25) is 9.69 Å². The van der Waals surface area contributed by atoms with Crippen LogP contribution >= 0.6 is 0 Å². The Labute approximate surface area is 75.3 Å². The molecule has 1 rings (SSSR count). The number of likely N-dealkylation sites (tertiary alicyclic amines) is 1. The van der Waals surface area contributed by atoms with Gasteiger partial charge in [0.05, 0.1) is 13.1 Å². The fraction of sp³-hybridized carbons (Fsp3) is 0.875. The van der Waals surface area contributed by atoms with Crippen LogP contribution in [0.3, 0.4) is 0 Å². The molecule has 0 radical (unpaired) electrons. The van der Waals surface area contributed by atoms with Gasteiger partial charge < -0.3 is 5.11 Å². The third kappa shape index (κ3) is 3.67. The van der Waals surface area contributed by atoms with Crippen LogP contribution in [0.5, 0.6) is 0 Å². The molecule has 1 heterocycles. The molecule has 76 valence electrons. The van der Waals surface area contributed by atoms with Gasteiger partial charge in [-0.1, -0.05) is 0 Å². The highest BCUT2D eigenvalue weighted by atomic mass is 19.3. The van der Waals surface area contributed by atoms with Crippen molar-refractivity contribution in [2.75, 3.05) is 19.6 Å². The van der Waals surface area contributed by atoms with E-state index in [4.69, 9.17) is 5.11 Å². The summed E-state index contributed by atoms with van der Waals surface area (Å²) in [5.74, 6) is -3.76. The first-order chi connectivity index (χ1) is 5.99. The molecule has 0 unspecified atom stereocenters. The van der Waals surface area contributed by atoms with Crippen LogP contribution in [0.4, 0.5) is 8.78 Å². The minimum atomic E-state index is -2.72. The van der Waals surface area contributed by atoms with Gasteiger partial charge in [-0.05, 0) is 19.4 Å². The molecule has 0 aromatic carbocycles. The summed E-state index contributed by atoms with van der Waals surface area (Å²) in [6, 6.07) is 0. The van der Waals surface area contributed by atoms with Gasteiger partial charge >= 0.3 is 5.97 Å². The molecular weight excluding hydrogens is 180 g/mol. The third-order valence-electron chi connectivity index (χ3n) is 2.08. The lowest BCUT2D eigenvalue weighted by molar-refractivity contribution is -0.139. The Bertz CT molecular complexity index is 197. The molecular formula is C8H13F2NO2. The van der Waals surface area contributed by atoms with Crippen molar-refractivity contribution in [3.63, 3.8) is 0 Å². The zero-order valence-corrected chi connectivity index (χ0v) is 7.30. The Hall–Kier alpha value is -0.710. The van der Waals surface area contributed by atoms with Crippen molar-refractivity contribution < 1.29 is 18.7 Å². The lowest BCUT2D eigenvalue weighted by Crippen LogP contribution is -2.38. The molecule has 1 saturated heterocycles. The number of halogens is 2. The summed E-state index contributed by atoms with van der Waals surface area (Å²) in [5, 5.41) is 8.44. The molecule has 0 aliphatic carbocycles. The second kappa shape index (κ2) is 4.00. The summed E-state index contributed by atoms with van der Waals surface area (Å²) in [6.07, 6.45) is 1.01. The maximum Gasteiger partial charge on any atom is 0.317 e. The fourth-order valence-corrected chi connectivity index (χ4v) is 1.53. The molecule has 0 spiro atoms. The van der Waals surface area contributed by atoms with Gasteiger partial charge in [-0.2, -0.15) is 0 Å². The molecule has 0 bridgehead atoms. The van der Waals surface area contributed by atoms with Crippen molar-refractivity contribution in [3.05, 3.63) is 0 Å². The van der Waals surface area contributed by atoms with Crippen LogP contribution in [0.2, 0.25) is 0 Å². The van der Waals surface area contributed by atoms with Gasteiger partial charge in [0.1, 0.15) is 0 Å². The van der Waals surface area contributed by atoms with E-state index in [1.165, 1.54) is 4.90 Å². The van der Waals surface area contributed by atoms with Crippen molar-refractivity contribution in [1.29, 1.82) is 0 Å². The van der Waals surface area contributed by atoms with Crippen LogP contribution in [0.15, 0.2) is 0 Å². The van der Waals surface area contributed by atoms with E-state index in [9.17, 15) is 13.6 Å². The van der Waals surface area contributed by atoms with Crippen LogP contribution in [-0.4, -0.2) is 41.5 Å². The van der Waals surface area contributed by atoms with E-state index in [-0.39, 0.29) is 13.0 Å². The second-order valence-electron chi connectivity index (χ2n) is 3.42. The van der Waals surface area contributed by atoms with Crippen molar-refractivity contribution in [2.45, 2.75) is 25.2 Å². The Kier molecular flexibility index (Phi) is 3.19. The number of hydrogen-bond donors (Lipinski definition) is 1. The molecule has 0 aromatic heterocycles. The number of nitrogens with zero attached hydrogens (tertiary/aromatic N) is 1. The number of alkyl halides is 2. The maximum atomic E-state index is 12.9. The van der Waals surface area contributed by atoms with Crippen molar-refractivity contribution in [3.8, 4) is 0 Å². The Morgan fingerprint density at radius 2 is 2.15 bits per heavy atom. The minimum Gasteiger partial charge on any atom is -0.480 e. The molecule has 1 N–H and O–H groups in total. The molecule has 0 saturated carbocycles. The van der Waals surface area contributed by atoms with Gasteiger partial charge in [0.2, 0.25) is 0 Å². The van der Waals surface area contributed by atoms with Crippen LogP contribution in [0.25, 0.3) is 0 Å². The summed E-state index contributed by atoms with van der Waals surface area (Å²) in [7, 11) is 0. The molecule has 3 nitrogen and oxygen atoms in total. The van der Waals surface area contributed by atoms with Gasteiger partial charge in [-0.15, -0.1) is 0 Å². The van der Waals surface area contributed by atoms with E-state index in [0.29, 0.717) is 19.4 Å². The maximum absolute atomic E-state index is 12.9. The van der Waals surface area contributed by atoms with Gasteiger partial charge in [0.25, 0.3) is 5.92 Å². The van der Waals surface area contributed by atoms with Crippen LogP contribution < -0.4 is 0 Å². The average molecular weight is 193 g/mol. The zero-order chi connectivity index (χ0) is 9.90. The first kappa shape index (κ1) is 10.4. The first-order valence-corrected chi connectivity index (χ1v) is 4.32. The van der Waals surface area contributed by atoms with Gasteiger partial charge in [-0.25, -0.2) is 8.78 Å². The zero-order valence-electron chi connectivity index (χ0n) is 7.30. The van der Waals surface area contributed by atoms with E-state index in [1.807, 2.05) is 0 Å². The smallest absolute Gasteiger partial charge is 0.317 e. The third-order valence-corrected chi connectivity index (χ3v) is 2.08. The monoisotopic (exact) mass is 193 g/mol. The Morgan fingerprint density at radius 3 is 2.77 bits per heavy atom. The van der Waals surface area contributed by atoms with E-state index in [0.717, 1.165) is 0 Å². The molecule has 1 fully saturated rings. The summed E-state index contributed by atoms with van der Waals surface area (Å²) < 4.78 is 25.9. The van der Waals surface area contributed by atoms with Crippen molar-refractivity contribution >= 4 is 5.97 Å². The van der Waals surface area contributed by atoms with Crippen molar-refractivity contribution in [1.82, 2.24) is 4.90 Å². The normalized spacial score (nSPS) is 23.8. The molecule has 0 amide bonds. The van der Waals surface area contributed by atoms with Crippen LogP contribution in [0, 0.1) is 0 Å². The predicted octanol–water partition coefficient (Wildman–Crippen LogP) is 1.19. The molecule has 0 aromatic rings. The lowest BCUT2D eigenvalue weighted by atomic mass is 10.2. The number of carboxylic acids is 1. The number of rotatable bonds is 2. The predicted molar refractivity (Wildman–Crippen MR) is 42.9 cm³/mol. The Morgan fingerprint density at radius 1 is 1.46 bits per heavy atom. The number of carboxylic acid groups (broad SMARTS) is 1. The van der Waals surface area contributed by atoms with E-state index < -0.39 is 18.4 Å². The number of hydrogen-bond acceptors (Lipinski definition) is 2. The number of aliphatic carboxylic acids is 1. The van der Waals surface area contributed by atoms with E-state index in [1.54, 1.807) is 0 Å².